The van der Waals surface area contributed by atoms with Crippen molar-refractivity contribution in [3.05, 3.63) is 33.5 Å². The molecule has 0 unspecified atom stereocenters. The third kappa shape index (κ3) is 1.60. The first-order valence-electron chi connectivity index (χ1n) is 4.90. The molecule has 0 amide bonds. The van der Waals surface area contributed by atoms with Gasteiger partial charge in [0.2, 0.25) is 0 Å². The Labute approximate surface area is 90.0 Å². The van der Waals surface area contributed by atoms with Crippen LogP contribution in [0.2, 0.25) is 0 Å². The third-order valence-corrected chi connectivity index (χ3v) is 3.58. The van der Waals surface area contributed by atoms with Crippen LogP contribution in [0.15, 0.2) is 27.4 Å². The highest BCUT2D eigenvalue weighted by Crippen LogP contribution is 2.39. The fourth-order valence-corrected chi connectivity index (χ4v) is 2.48. The second kappa shape index (κ2) is 2.93. The van der Waals surface area contributed by atoms with Crippen LogP contribution in [0.1, 0.15) is 18.4 Å². The zero-order chi connectivity index (χ0) is 10.5. The van der Waals surface area contributed by atoms with Gasteiger partial charge in [0.25, 0.3) is 0 Å². The lowest BCUT2D eigenvalue weighted by Crippen LogP contribution is -2.10. The lowest BCUT2D eigenvalue weighted by Gasteiger charge is -2.06. The Morgan fingerprint density at radius 2 is 2.27 bits per heavy atom. The van der Waals surface area contributed by atoms with Crippen LogP contribution in [-0.2, 0) is 6.42 Å². The van der Waals surface area contributed by atoms with Crippen LogP contribution in [0.25, 0.3) is 10.3 Å². The number of para-hydroxylation sites is 1. The minimum absolute atomic E-state index is 0.278. The van der Waals surface area contributed by atoms with Gasteiger partial charge in [-0.15, -0.1) is 0 Å². The summed E-state index contributed by atoms with van der Waals surface area (Å²) in [6.07, 6.45) is 2.28. The smallest absolute Gasteiger partial charge is 0.396 e. The van der Waals surface area contributed by atoms with Crippen molar-refractivity contribution in [1.29, 1.82) is 0 Å². The summed E-state index contributed by atoms with van der Waals surface area (Å²) in [5.74, 6) is 0. The summed E-state index contributed by atoms with van der Waals surface area (Å²) in [4.78, 5) is 10.8. The molecule has 1 aliphatic rings. The molecule has 0 saturated heterocycles. The van der Waals surface area contributed by atoms with E-state index in [4.69, 9.17) is 4.42 Å². The molecule has 2 aromatic rings. The predicted molar refractivity (Wildman–Crippen MR) is 58.2 cm³/mol. The van der Waals surface area contributed by atoms with Gasteiger partial charge in [0.1, 0.15) is 0 Å². The molecule has 15 heavy (non-hydrogen) atoms. The van der Waals surface area contributed by atoms with Crippen LogP contribution in [-0.4, -0.2) is 10.7 Å². The van der Waals surface area contributed by atoms with Crippen molar-refractivity contribution >= 4 is 21.6 Å². The maximum absolute atomic E-state index is 11.1. The van der Waals surface area contributed by atoms with Crippen LogP contribution < -0.4 is 4.94 Å². The van der Waals surface area contributed by atoms with Gasteiger partial charge in [-0.2, -0.15) is 0 Å². The summed E-state index contributed by atoms with van der Waals surface area (Å²) in [5, 5.41) is 9.83. The maximum Gasteiger partial charge on any atom is 0.396 e. The van der Waals surface area contributed by atoms with Crippen LogP contribution in [0, 0.1) is 0 Å². The Hall–Kier alpha value is -1.13. The largest absolute Gasteiger partial charge is 0.414 e. The van der Waals surface area contributed by atoms with Crippen molar-refractivity contribution in [2.24, 2.45) is 0 Å². The SMILES string of the molecule is O=c1oc2c(CC3(O)CC3)cccc2s1. The van der Waals surface area contributed by atoms with Gasteiger partial charge in [0.05, 0.1) is 10.3 Å². The van der Waals surface area contributed by atoms with Crippen LogP contribution in [0.3, 0.4) is 0 Å². The summed E-state index contributed by atoms with van der Waals surface area (Å²) in [7, 11) is 0. The lowest BCUT2D eigenvalue weighted by atomic mass is 10.1. The van der Waals surface area contributed by atoms with Gasteiger partial charge in [-0.3, -0.25) is 0 Å². The first-order chi connectivity index (χ1) is 7.16. The molecule has 3 nitrogen and oxygen atoms in total. The Balaban J connectivity index is 2.12. The molecule has 1 saturated carbocycles. The van der Waals surface area contributed by atoms with Gasteiger partial charge in [0.15, 0.2) is 5.58 Å². The first kappa shape index (κ1) is 9.12. The highest BCUT2D eigenvalue weighted by Gasteiger charge is 2.40. The second-order valence-corrected chi connectivity index (χ2v) is 5.08. The molecular formula is C11H10O3S. The first-order valence-corrected chi connectivity index (χ1v) is 5.72. The number of aliphatic hydroxyl groups is 1. The molecule has 1 aromatic heterocycles. The molecule has 0 bridgehead atoms. The monoisotopic (exact) mass is 222 g/mol. The number of benzene rings is 1. The highest BCUT2D eigenvalue weighted by molar-refractivity contribution is 7.16. The van der Waals surface area contributed by atoms with Crippen LogP contribution in [0.4, 0.5) is 0 Å². The summed E-state index contributed by atoms with van der Waals surface area (Å²) >= 11 is 1.11. The van der Waals surface area contributed by atoms with E-state index < -0.39 is 5.60 Å². The standard InChI is InChI=1S/C11H10O3S/c12-10-14-9-7(6-11(13)4-5-11)2-1-3-8(9)15-10/h1-3,13H,4-6H2. The van der Waals surface area contributed by atoms with Crippen molar-refractivity contribution in [2.75, 3.05) is 0 Å². The molecular weight excluding hydrogens is 212 g/mol. The van der Waals surface area contributed by atoms with E-state index in [1.807, 2.05) is 18.2 Å². The van der Waals surface area contributed by atoms with Gasteiger partial charge in [0, 0.05) is 6.42 Å². The fraction of sp³-hybridized carbons (Fsp3) is 0.364. The molecule has 1 N–H and O–H groups in total. The van der Waals surface area contributed by atoms with Crippen LogP contribution in [0.5, 0.6) is 0 Å². The van der Waals surface area contributed by atoms with Gasteiger partial charge >= 0.3 is 4.94 Å². The third-order valence-electron chi connectivity index (χ3n) is 2.79. The molecule has 1 aliphatic carbocycles. The topological polar surface area (TPSA) is 50.4 Å². The molecule has 78 valence electrons. The van der Waals surface area contributed by atoms with E-state index in [0.29, 0.717) is 12.0 Å². The summed E-state index contributed by atoms with van der Waals surface area (Å²) in [6, 6.07) is 5.68. The average Bonchev–Trinajstić information content (AvgIpc) is 2.76. The summed E-state index contributed by atoms with van der Waals surface area (Å²) in [5.41, 5.74) is 1.04. The second-order valence-electron chi connectivity index (χ2n) is 4.10. The van der Waals surface area contributed by atoms with Crippen molar-refractivity contribution in [1.82, 2.24) is 0 Å². The number of fused-ring (bicyclic) bond motifs is 1. The van der Waals surface area contributed by atoms with Crippen molar-refractivity contribution in [3.8, 4) is 0 Å². The minimum Gasteiger partial charge on any atom is -0.414 e. The number of rotatable bonds is 2. The van der Waals surface area contributed by atoms with Gasteiger partial charge in [-0.05, 0) is 24.5 Å². The Morgan fingerprint density at radius 3 is 3.00 bits per heavy atom. The molecule has 0 radical (unpaired) electrons. The van der Waals surface area contributed by atoms with Gasteiger partial charge in [-0.1, -0.05) is 23.5 Å². The van der Waals surface area contributed by atoms with Crippen molar-refractivity contribution < 1.29 is 9.52 Å². The molecule has 0 aliphatic heterocycles. The molecule has 0 spiro atoms. The van der Waals surface area contributed by atoms with Crippen molar-refractivity contribution in [3.63, 3.8) is 0 Å². The number of hydrogen-bond acceptors (Lipinski definition) is 4. The minimum atomic E-state index is -0.547. The van der Waals surface area contributed by atoms with E-state index in [-0.39, 0.29) is 4.94 Å². The van der Waals surface area contributed by atoms with E-state index in [0.717, 1.165) is 34.4 Å². The summed E-state index contributed by atoms with van der Waals surface area (Å²) < 4.78 is 5.99. The maximum atomic E-state index is 11.1. The van der Waals surface area contributed by atoms with Gasteiger partial charge in [-0.25, -0.2) is 4.79 Å². The Bertz CT molecular complexity index is 562. The highest BCUT2D eigenvalue weighted by atomic mass is 32.1. The molecule has 1 aromatic carbocycles. The predicted octanol–water partition coefficient (Wildman–Crippen LogP) is 1.92. The molecule has 1 heterocycles. The quantitative estimate of drug-likeness (QED) is 0.844. The lowest BCUT2D eigenvalue weighted by molar-refractivity contribution is 0.151. The summed E-state index contributed by atoms with van der Waals surface area (Å²) in [6.45, 7) is 0. The van der Waals surface area contributed by atoms with E-state index in [1.54, 1.807) is 0 Å². The van der Waals surface area contributed by atoms with E-state index in [2.05, 4.69) is 0 Å². The normalized spacial score (nSPS) is 18.2. The Morgan fingerprint density at radius 1 is 1.47 bits per heavy atom. The Kier molecular flexibility index (Phi) is 1.78. The molecule has 0 atom stereocenters. The zero-order valence-electron chi connectivity index (χ0n) is 8.03. The average molecular weight is 222 g/mol. The van der Waals surface area contributed by atoms with Gasteiger partial charge < -0.3 is 9.52 Å². The van der Waals surface area contributed by atoms with Crippen LogP contribution >= 0.6 is 11.3 Å². The van der Waals surface area contributed by atoms with E-state index >= 15 is 0 Å². The molecule has 4 heteroatoms. The van der Waals surface area contributed by atoms with E-state index in [1.165, 1.54) is 0 Å². The number of hydrogen-bond donors (Lipinski definition) is 1. The molecule has 1 fully saturated rings. The molecule has 3 rings (SSSR count). The fourth-order valence-electron chi connectivity index (χ4n) is 1.77. The van der Waals surface area contributed by atoms with Crippen molar-refractivity contribution in [2.45, 2.75) is 24.9 Å². The van der Waals surface area contributed by atoms with E-state index in [9.17, 15) is 9.90 Å². The zero-order valence-corrected chi connectivity index (χ0v) is 8.84.